The fourth-order valence-corrected chi connectivity index (χ4v) is 3.89. The average molecular weight is 409 g/mol. The van der Waals surface area contributed by atoms with Gasteiger partial charge in [0, 0.05) is 30.8 Å². The van der Waals surface area contributed by atoms with E-state index < -0.39 is 0 Å². The van der Waals surface area contributed by atoms with Crippen molar-refractivity contribution in [3.05, 3.63) is 47.5 Å². The lowest BCUT2D eigenvalue weighted by molar-refractivity contribution is 0.201. The minimum Gasteiger partial charge on any atom is -0.489 e. The van der Waals surface area contributed by atoms with E-state index in [1.54, 1.807) is 6.07 Å². The molecular weight excluding hydrogens is 380 g/mol. The number of ether oxygens (including phenoxy) is 1. The highest BCUT2D eigenvalue weighted by Crippen LogP contribution is 2.31. The maximum atomic E-state index is 9.26. The van der Waals surface area contributed by atoms with Crippen LogP contribution in [-0.4, -0.2) is 52.5 Å². The van der Waals surface area contributed by atoms with Crippen molar-refractivity contribution < 1.29 is 14.4 Å². The first kappa shape index (κ1) is 20.4. The predicted molar refractivity (Wildman–Crippen MR) is 116 cm³/mol. The monoisotopic (exact) mass is 408 g/mol. The number of nitrogens with zero attached hydrogens (tertiary/aromatic N) is 3. The molecule has 7 heteroatoms. The molecule has 0 saturated carbocycles. The molecule has 0 unspecified atom stereocenters. The molecule has 0 atom stereocenters. The van der Waals surface area contributed by atoms with E-state index in [1.165, 1.54) is 11.1 Å². The number of hydrogen-bond acceptors (Lipinski definition) is 7. The molecule has 0 fully saturated rings. The van der Waals surface area contributed by atoms with E-state index in [0.717, 1.165) is 37.1 Å². The Bertz CT molecular complexity index is 1020. The number of nitrogens with two attached hydrogens (primary N) is 1. The number of nitrogen functional groups attached to an aromatic ring is 1. The predicted octanol–water partition coefficient (Wildman–Crippen LogP) is 3.17. The summed E-state index contributed by atoms with van der Waals surface area (Å²) in [6, 6.07) is 11.8. The molecule has 158 valence electrons. The van der Waals surface area contributed by atoms with Gasteiger partial charge in [-0.25, -0.2) is 0 Å². The number of rotatable bonds is 6. The van der Waals surface area contributed by atoms with Gasteiger partial charge in [0.15, 0.2) is 0 Å². The van der Waals surface area contributed by atoms with Crippen LogP contribution in [-0.2, 0) is 12.8 Å². The molecule has 0 amide bonds. The van der Waals surface area contributed by atoms with E-state index in [9.17, 15) is 5.11 Å². The summed E-state index contributed by atoms with van der Waals surface area (Å²) in [5, 5.41) is 13.5. The van der Waals surface area contributed by atoms with Gasteiger partial charge in [-0.2, -0.15) is 4.98 Å². The summed E-state index contributed by atoms with van der Waals surface area (Å²) < 4.78 is 11.3. The maximum Gasteiger partial charge on any atom is 0.258 e. The third-order valence-electron chi connectivity index (χ3n) is 5.35. The largest absolute Gasteiger partial charge is 0.489 e. The molecule has 7 nitrogen and oxygen atoms in total. The zero-order valence-electron chi connectivity index (χ0n) is 17.5. The van der Waals surface area contributed by atoms with Crippen molar-refractivity contribution in [1.82, 2.24) is 15.0 Å². The van der Waals surface area contributed by atoms with Crippen molar-refractivity contribution in [2.75, 3.05) is 32.0 Å². The Kier molecular flexibility index (Phi) is 6.01. The van der Waals surface area contributed by atoms with Crippen LogP contribution in [0.4, 0.5) is 5.69 Å². The van der Waals surface area contributed by atoms with E-state index >= 15 is 0 Å². The lowest BCUT2D eigenvalue weighted by atomic mass is 9.97. The first-order chi connectivity index (χ1) is 14.5. The number of aliphatic hydroxyl groups excluding tert-OH is 1. The second-order valence-corrected chi connectivity index (χ2v) is 7.85. The molecule has 30 heavy (non-hydrogen) atoms. The quantitative estimate of drug-likeness (QED) is 0.605. The van der Waals surface area contributed by atoms with Gasteiger partial charge >= 0.3 is 0 Å². The Morgan fingerprint density at radius 3 is 2.80 bits per heavy atom. The molecule has 3 aromatic rings. The summed E-state index contributed by atoms with van der Waals surface area (Å²) in [5.74, 6) is 1.66. The van der Waals surface area contributed by atoms with E-state index in [-0.39, 0.29) is 12.7 Å². The van der Waals surface area contributed by atoms with Gasteiger partial charge in [0.05, 0.1) is 18.4 Å². The SMILES string of the molecule is CC(C)Oc1ccc(-c2nc(-c3cccc4c3CCN(CCO)CC4)no2)cc1N. The molecule has 0 saturated heterocycles. The Morgan fingerprint density at radius 2 is 2.03 bits per heavy atom. The number of aromatic nitrogens is 2. The van der Waals surface area contributed by atoms with Crippen LogP contribution in [0, 0.1) is 0 Å². The molecule has 0 radical (unpaired) electrons. The normalized spacial score (nSPS) is 14.5. The molecule has 0 aliphatic carbocycles. The van der Waals surface area contributed by atoms with Crippen molar-refractivity contribution in [2.45, 2.75) is 32.8 Å². The van der Waals surface area contributed by atoms with Crippen molar-refractivity contribution in [1.29, 1.82) is 0 Å². The molecule has 2 aromatic carbocycles. The van der Waals surface area contributed by atoms with Crippen LogP contribution in [0.1, 0.15) is 25.0 Å². The highest BCUT2D eigenvalue weighted by atomic mass is 16.5. The summed E-state index contributed by atoms with van der Waals surface area (Å²) in [5.41, 5.74) is 11.0. The van der Waals surface area contributed by atoms with Crippen molar-refractivity contribution in [3.63, 3.8) is 0 Å². The molecule has 1 aliphatic heterocycles. The Hall–Kier alpha value is -2.90. The van der Waals surface area contributed by atoms with Gasteiger partial charge in [0.2, 0.25) is 5.82 Å². The van der Waals surface area contributed by atoms with Crippen molar-refractivity contribution in [3.8, 4) is 28.6 Å². The Morgan fingerprint density at radius 1 is 1.20 bits per heavy atom. The molecule has 4 rings (SSSR count). The number of hydrogen-bond donors (Lipinski definition) is 2. The van der Waals surface area contributed by atoms with Gasteiger partial charge in [0.25, 0.3) is 5.89 Å². The Labute approximate surface area is 176 Å². The summed E-state index contributed by atoms with van der Waals surface area (Å²) in [4.78, 5) is 6.94. The first-order valence-corrected chi connectivity index (χ1v) is 10.4. The van der Waals surface area contributed by atoms with Crippen LogP contribution >= 0.6 is 0 Å². The number of aliphatic hydroxyl groups is 1. The number of fused-ring (bicyclic) bond motifs is 1. The van der Waals surface area contributed by atoms with Gasteiger partial charge in [0.1, 0.15) is 5.75 Å². The summed E-state index contributed by atoms with van der Waals surface area (Å²) in [7, 11) is 0. The van der Waals surface area contributed by atoms with E-state index in [0.29, 0.717) is 29.7 Å². The third kappa shape index (κ3) is 4.32. The molecule has 0 bridgehead atoms. The van der Waals surface area contributed by atoms with Crippen LogP contribution in [0.2, 0.25) is 0 Å². The molecule has 1 aliphatic rings. The summed E-state index contributed by atoms with van der Waals surface area (Å²) >= 11 is 0. The van der Waals surface area contributed by atoms with E-state index in [2.05, 4.69) is 21.1 Å². The zero-order valence-corrected chi connectivity index (χ0v) is 17.5. The highest BCUT2D eigenvalue weighted by molar-refractivity contribution is 5.68. The molecule has 2 heterocycles. The number of benzene rings is 2. The van der Waals surface area contributed by atoms with Crippen LogP contribution in [0.3, 0.4) is 0 Å². The maximum absolute atomic E-state index is 9.26. The van der Waals surface area contributed by atoms with E-state index in [4.69, 9.17) is 15.0 Å². The highest BCUT2D eigenvalue weighted by Gasteiger charge is 2.20. The minimum absolute atomic E-state index is 0.0507. The standard InChI is InChI=1S/C23H28N4O3/c1-15(2)29-21-7-6-17(14-20(21)24)23-25-22(26-30-23)19-5-3-4-16-8-10-27(12-13-28)11-9-18(16)19/h3-7,14-15,28H,8-13,24H2,1-2H3. The summed E-state index contributed by atoms with van der Waals surface area (Å²) in [6.45, 7) is 6.66. The van der Waals surface area contributed by atoms with Crippen molar-refractivity contribution >= 4 is 5.69 Å². The third-order valence-corrected chi connectivity index (χ3v) is 5.35. The molecular formula is C23H28N4O3. The lowest BCUT2D eigenvalue weighted by Gasteiger charge is -2.17. The van der Waals surface area contributed by atoms with Crippen LogP contribution < -0.4 is 10.5 Å². The van der Waals surface area contributed by atoms with Crippen molar-refractivity contribution in [2.24, 2.45) is 0 Å². The topological polar surface area (TPSA) is 97.6 Å². The second-order valence-electron chi connectivity index (χ2n) is 7.85. The van der Waals surface area contributed by atoms with Crippen LogP contribution in [0.5, 0.6) is 5.75 Å². The smallest absolute Gasteiger partial charge is 0.258 e. The fraction of sp³-hybridized carbons (Fsp3) is 0.391. The van der Waals surface area contributed by atoms with Gasteiger partial charge in [-0.3, -0.25) is 0 Å². The zero-order chi connectivity index (χ0) is 21.1. The number of anilines is 1. The second kappa shape index (κ2) is 8.85. The van der Waals surface area contributed by atoms with Gasteiger partial charge in [-0.15, -0.1) is 0 Å². The summed E-state index contributed by atoms with van der Waals surface area (Å²) in [6.07, 6.45) is 1.89. The average Bonchev–Trinajstić information content (AvgIpc) is 3.12. The van der Waals surface area contributed by atoms with Gasteiger partial charge in [-0.1, -0.05) is 23.4 Å². The van der Waals surface area contributed by atoms with E-state index in [1.807, 2.05) is 38.1 Å². The fourth-order valence-electron chi connectivity index (χ4n) is 3.89. The molecule has 3 N–H and O–H groups in total. The van der Waals surface area contributed by atoms with Gasteiger partial charge in [-0.05, 0) is 56.0 Å². The van der Waals surface area contributed by atoms with Gasteiger partial charge < -0.3 is 25.0 Å². The Balaban J connectivity index is 1.61. The van der Waals surface area contributed by atoms with Crippen LogP contribution in [0.15, 0.2) is 40.9 Å². The lowest BCUT2D eigenvalue weighted by Crippen LogP contribution is -2.29. The minimum atomic E-state index is 0.0507. The number of β-amino-alcohol motifs (C(OH)–C–C–N with tert-alkyl or cyclic N) is 1. The first-order valence-electron chi connectivity index (χ1n) is 10.4. The molecule has 0 spiro atoms. The molecule has 1 aromatic heterocycles. The van der Waals surface area contributed by atoms with Crippen LogP contribution in [0.25, 0.3) is 22.8 Å².